The molecule has 4 aromatic rings. The lowest BCUT2D eigenvalue weighted by atomic mass is 10.1. The Bertz CT molecular complexity index is 1640. The van der Waals surface area contributed by atoms with Gasteiger partial charge < -0.3 is 24.0 Å². The lowest BCUT2D eigenvalue weighted by molar-refractivity contribution is 0.0694. The van der Waals surface area contributed by atoms with Gasteiger partial charge >= 0.3 is 5.97 Å². The van der Waals surface area contributed by atoms with E-state index in [-0.39, 0.29) is 10.9 Å². The third-order valence-corrected chi connectivity index (χ3v) is 6.94. The molecule has 39 heavy (non-hydrogen) atoms. The van der Waals surface area contributed by atoms with Crippen LogP contribution in [0.2, 0.25) is 0 Å². The van der Waals surface area contributed by atoms with E-state index in [2.05, 4.69) is 20.4 Å². The molecule has 1 fully saturated rings. The predicted octanol–water partition coefficient (Wildman–Crippen LogP) is 2.31. The average molecular weight is 548 g/mol. The monoisotopic (exact) mass is 547 g/mol. The van der Waals surface area contributed by atoms with E-state index >= 15 is 0 Å². The number of hydrogen-bond donors (Lipinski definition) is 2. The molecule has 0 saturated carbocycles. The zero-order valence-corrected chi connectivity index (χ0v) is 22.1. The summed E-state index contributed by atoms with van der Waals surface area (Å²) in [7, 11) is 0. The van der Waals surface area contributed by atoms with Crippen LogP contribution in [0.15, 0.2) is 52.0 Å². The van der Waals surface area contributed by atoms with Gasteiger partial charge in [-0.15, -0.1) is 0 Å². The predicted molar refractivity (Wildman–Crippen MR) is 147 cm³/mol. The van der Waals surface area contributed by atoms with Crippen molar-refractivity contribution < 1.29 is 19.2 Å². The lowest BCUT2D eigenvalue weighted by Gasteiger charge is -2.36. The second-order valence-corrected chi connectivity index (χ2v) is 9.32. The van der Waals surface area contributed by atoms with Crippen molar-refractivity contribution in [2.24, 2.45) is 0 Å². The number of fused-ring (bicyclic) bond motifs is 1. The van der Waals surface area contributed by atoms with Crippen LogP contribution in [-0.4, -0.2) is 72.9 Å². The van der Waals surface area contributed by atoms with Crippen LogP contribution in [0.3, 0.4) is 0 Å². The number of rotatable bonds is 5. The minimum absolute atomic E-state index is 0.155. The maximum absolute atomic E-state index is 13.1. The van der Waals surface area contributed by atoms with Crippen molar-refractivity contribution in [2.45, 2.75) is 20.4 Å². The molecule has 1 aliphatic heterocycles. The second-order valence-electron chi connectivity index (χ2n) is 8.93. The molecule has 0 unspecified atom stereocenters. The number of carboxylic acids is 1. The van der Waals surface area contributed by atoms with Crippen molar-refractivity contribution in [3.05, 3.63) is 69.8 Å². The van der Waals surface area contributed by atoms with E-state index in [4.69, 9.17) is 16.7 Å². The van der Waals surface area contributed by atoms with E-state index in [1.165, 1.54) is 12.4 Å². The average Bonchev–Trinajstić information content (AvgIpc) is 3.34. The summed E-state index contributed by atoms with van der Waals surface area (Å²) >= 11 is 5.53. The fraction of sp³-hybridized carbons (Fsp3) is 0.269. The van der Waals surface area contributed by atoms with Gasteiger partial charge in [0.05, 0.1) is 5.39 Å². The molecule has 1 amide bonds. The van der Waals surface area contributed by atoms with Crippen molar-refractivity contribution in [2.75, 3.05) is 31.1 Å². The molecule has 0 atom stereocenters. The molecule has 12 nitrogen and oxygen atoms in total. The molecule has 1 saturated heterocycles. The van der Waals surface area contributed by atoms with Crippen LogP contribution in [0, 0.1) is 6.92 Å². The number of aromatic nitrogens is 4. The normalized spacial score (nSPS) is 13.5. The molecule has 5 rings (SSSR count). The number of amides is 1. The third kappa shape index (κ3) is 4.95. The fourth-order valence-electron chi connectivity index (χ4n) is 4.49. The SMILES string of the molecule is CCn1cc(C(=O)O)c(=O)c2cnc(N3CCN(C(=S)NC(=O)c4c(-c5ccccc5)noc4C)CC3)nc21. The number of aromatic carboxylic acids is 1. The van der Waals surface area contributed by atoms with E-state index in [1.807, 2.05) is 47.1 Å². The third-order valence-electron chi connectivity index (χ3n) is 6.58. The standard InChI is InChI=1S/C26H25N7O5S/c1-3-31-14-18(24(36)37)21(34)17-13-27-25(28-22(17)31)32-9-11-33(12-10-32)26(39)29-23(35)19-15(2)38-30-20(19)16-7-5-4-6-8-16/h4-8,13-14H,3,9-12H2,1-2H3,(H,36,37)(H,29,35,39). The molecule has 0 spiro atoms. The van der Waals surface area contributed by atoms with Crippen LogP contribution >= 0.6 is 12.2 Å². The molecule has 0 aliphatic carbocycles. The summed E-state index contributed by atoms with van der Waals surface area (Å²) < 4.78 is 6.92. The minimum Gasteiger partial charge on any atom is -0.477 e. The Hall–Kier alpha value is -4.65. The number of piperazine rings is 1. The van der Waals surface area contributed by atoms with E-state index in [9.17, 15) is 19.5 Å². The van der Waals surface area contributed by atoms with Crippen LogP contribution in [0.4, 0.5) is 5.95 Å². The summed E-state index contributed by atoms with van der Waals surface area (Å²) in [5.41, 5.74) is 0.996. The minimum atomic E-state index is -1.29. The first-order valence-corrected chi connectivity index (χ1v) is 12.7. The van der Waals surface area contributed by atoms with Crippen LogP contribution in [0.1, 0.15) is 33.4 Å². The van der Waals surface area contributed by atoms with Gasteiger partial charge in [-0.3, -0.25) is 14.9 Å². The first-order valence-electron chi connectivity index (χ1n) is 12.3. The Morgan fingerprint density at radius 3 is 2.54 bits per heavy atom. The number of hydrogen-bond acceptors (Lipinski definition) is 9. The maximum Gasteiger partial charge on any atom is 0.341 e. The lowest BCUT2D eigenvalue weighted by Crippen LogP contribution is -2.53. The summed E-state index contributed by atoms with van der Waals surface area (Å²) in [4.78, 5) is 49.9. The number of anilines is 1. The fourth-order valence-corrected chi connectivity index (χ4v) is 4.77. The van der Waals surface area contributed by atoms with Crippen LogP contribution in [0.25, 0.3) is 22.3 Å². The highest BCUT2D eigenvalue weighted by Gasteiger charge is 2.26. The van der Waals surface area contributed by atoms with E-state index in [0.717, 1.165) is 5.56 Å². The van der Waals surface area contributed by atoms with Crippen LogP contribution < -0.4 is 15.6 Å². The summed E-state index contributed by atoms with van der Waals surface area (Å²) in [5, 5.41) is 16.7. The van der Waals surface area contributed by atoms with Crippen molar-refractivity contribution in [1.82, 2.24) is 29.9 Å². The van der Waals surface area contributed by atoms with Crippen molar-refractivity contribution in [3.8, 4) is 11.3 Å². The number of carbonyl (C=O) groups is 2. The van der Waals surface area contributed by atoms with Gasteiger partial charge in [0.15, 0.2) is 5.11 Å². The number of carbonyl (C=O) groups excluding carboxylic acids is 1. The second kappa shape index (κ2) is 10.6. The maximum atomic E-state index is 13.1. The first-order chi connectivity index (χ1) is 18.8. The number of benzene rings is 1. The number of carboxylic acid groups (broad SMARTS) is 1. The van der Waals surface area contributed by atoms with Gasteiger partial charge in [-0.2, -0.15) is 4.98 Å². The molecule has 1 aliphatic rings. The van der Waals surface area contributed by atoms with Gasteiger partial charge in [-0.25, -0.2) is 9.78 Å². The van der Waals surface area contributed by atoms with Crippen molar-refractivity contribution in [1.29, 1.82) is 0 Å². The largest absolute Gasteiger partial charge is 0.477 e. The van der Waals surface area contributed by atoms with Gasteiger partial charge in [0.2, 0.25) is 11.4 Å². The molecule has 0 radical (unpaired) electrons. The summed E-state index contributed by atoms with van der Waals surface area (Å²) in [6, 6.07) is 9.31. The number of nitrogens with zero attached hydrogens (tertiary/aromatic N) is 6. The van der Waals surface area contributed by atoms with Gasteiger partial charge in [-0.1, -0.05) is 35.5 Å². The molecule has 1 aromatic carbocycles. The zero-order chi connectivity index (χ0) is 27.7. The summed E-state index contributed by atoms with van der Waals surface area (Å²) in [6.07, 6.45) is 2.69. The molecule has 4 heterocycles. The molecule has 13 heteroatoms. The van der Waals surface area contributed by atoms with E-state index < -0.39 is 17.3 Å². The Balaban J connectivity index is 1.28. The van der Waals surface area contributed by atoms with Gasteiger partial charge in [-0.05, 0) is 26.1 Å². The highest BCUT2D eigenvalue weighted by molar-refractivity contribution is 7.80. The molecule has 200 valence electrons. The number of thiocarbonyl (C=S) groups is 1. The number of aryl methyl sites for hydroxylation is 2. The van der Waals surface area contributed by atoms with Gasteiger partial charge in [0.25, 0.3) is 5.91 Å². The summed E-state index contributed by atoms with van der Waals surface area (Å²) in [5.74, 6) is -0.859. The quantitative estimate of drug-likeness (QED) is 0.355. The topological polar surface area (TPSA) is 147 Å². The zero-order valence-electron chi connectivity index (χ0n) is 21.2. The molecular weight excluding hydrogens is 522 g/mol. The summed E-state index contributed by atoms with van der Waals surface area (Å²) in [6.45, 7) is 6.02. The first kappa shape index (κ1) is 26.0. The highest BCUT2D eigenvalue weighted by Crippen LogP contribution is 2.25. The van der Waals surface area contributed by atoms with E-state index in [0.29, 0.717) is 66.4 Å². The van der Waals surface area contributed by atoms with Crippen molar-refractivity contribution in [3.63, 3.8) is 0 Å². The van der Waals surface area contributed by atoms with E-state index in [1.54, 1.807) is 11.5 Å². The molecular formula is C26H25N7O5S. The Morgan fingerprint density at radius 2 is 1.87 bits per heavy atom. The molecule has 2 N–H and O–H groups in total. The van der Waals surface area contributed by atoms with Gasteiger partial charge in [0.1, 0.15) is 28.2 Å². The Labute approximate surface area is 227 Å². The highest BCUT2D eigenvalue weighted by atomic mass is 32.1. The number of nitrogens with one attached hydrogen (secondary N) is 1. The van der Waals surface area contributed by atoms with Crippen molar-refractivity contribution >= 4 is 46.2 Å². The Kier molecular flexibility index (Phi) is 7.07. The smallest absolute Gasteiger partial charge is 0.341 e. The van der Waals surface area contributed by atoms with Gasteiger partial charge in [0, 0.05) is 50.7 Å². The van der Waals surface area contributed by atoms with Crippen LogP contribution in [-0.2, 0) is 6.54 Å². The Morgan fingerprint density at radius 1 is 1.15 bits per heavy atom. The molecule has 0 bridgehead atoms. The number of pyridine rings is 1. The van der Waals surface area contributed by atoms with Crippen LogP contribution in [0.5, 0.6) is 0 Å². The molecule has 3 aromatic heterocycles.